The van der Waals surface area contributed by atoms with Gasteiger partial charge in [0, 0.05) is 8.90 Å². The fraction of sp³-hybridized carbons (Fsp3) is 0.222. The third-order valence-electron chi connectivity index (χ3n) is 1.59. The Balaban J connectivity index is 3.36. The van der Waals surface area contributed by atoms with Crippen molar-refractivity contribution in [1.29, 1.82) is 5.26 Å². The SMILES string of the molecule is Cc1cc(I)c(CBr)c(C#N)c1. The largest absolute Gasteiger partial charge is 0.192 e. The number of hydrogen-bond acceptors (Lipinski definition) is 1. The van der Waals surface area contributed by atoms with Gasteiger partial charge in [0.15, 0.2) is 0 Å². The Labute approximate surface area is 94.0 Å². The number of aryl methyl sites for hydroxylation is 1. The van der Waals surface area contributed by atoms with Crippen molar-refractivity contribution in [3.05, 3.63) is 32.4 Å². The number of hydrogen-bond donors (Lipinski definition) is 0. The van der Waals surface area contributed by atoms with Gasteiger partial charge in [0.2, 0.25) is 0 Å². The first-order valence-corrected chi connectivity index (χ1v) is 5.64. The highest BCUT2D eigenvalue weighted by Gasteiger charge is 2.05. The van der Waals surface area contributed by atoms with E-state index in [0.29, 0.717) is 0 Å². The lowest BCUT2D eigenvalue weighted by Crippen LogP contribution is -1.91. The summed E-state index contributed by atoms with van der Waals surface area (Å²) in [7, 11) is 0. The van der Waals surface area contributed by atoms with Gasteiger partial charge in [-0.1, -0.05) is 15.9 Å². The van der Waals surface area contributed by atoms with E-state index in [2.05, 4.69) is 50.7 Å². The summed E-state index contributed by atoms with van der Waals surface area (Å²) >= 11 is 5.62. The Morgan fingerprint density at radius 1 is 1.58 bits per heavy atom. The van der Waals surface area contributed by atoms with E-state index >= 15 is 0 Å². The van der Waals surface area contributed by atoms with Crippen LogP contribution in [0.5, 0.6) is 0 Å². The van der Waals surface area contributed by atoms with E-state index in [1.807, 2.05) is 13.0 Å². The molecule has 0 atom stereocenters. The molecule has 0 fully saturated rings. The molecule has 0 saturated heterocycles. The normalized spacial score (nSPS) is 9.50. The van der Waals surface area contributed by atoms with Crippen LogP contribution in [-0.2, 0) is 5.33 Å². The zero-order valence-corrected chi connectivity index (χ0v) is 10.3. The molecule has 12 heavy (non-hydrogen) atoms. The van der Waals surface area contributed by atoms with Crippen LogP contribution in [0.3, 0.4) is 0 Å². The first kappa shape index (κ1) is 10.0. The van der Waals surface area contributed by atoms with Crippen LogP contribution in [0, 0.1) is 21.8 Å². The highest BCUT2D eigenvalue weighted by atomic mass is 127. The van der Waals surface area contributed by atoms with Crippen LogP contribution in [0.4, 0.5) is 0 Å². The van der Waals surface area contributed by atoms with Crippen molar-refractivity contribution in [1.82, 2.24) is 0 Å². The highest BCUT2D eigenvalue weighted by Crippen LogP contribution is 2.21. The molecule has 1 rings (SSSR count). The Kier molecular flexibility index (Phi) is 3.53. The van der Waals surface area contributed by atoms with Gasteiger partial charge < -0.3 is 0 Å². The Bertz CT molecular complexity index is 341. The van der Waals surface area contributed by atoms with Crippen LogP contribution < -0.4 is 0 Å². The molecule has 1 aromatic rings. The summed E-state index contributed by atoms with van der Waals surface area (Å²) < 4.78 is 1.15. The summed E-state index contributed by atoms with van der Waals surface area (Å²) in [5, 5.41) is 9.57. The van der Waals surface area contributed by atoms with Crippen molar-refractivity contribution in [3.63, 3.8) is 0 Å². The summed E-state index contributed by atoms with van der Waals surface area (Å²) in [6, 6.07) is 6.19. The van der Waals surface area contributed by atoms with Crippen LogP contribution in [0.25, 0.3) is 0 Å². The number of alkyl halides is 1. The fourth-order valence-electron chi connectivity index (χ4n) is 1.01. The Hall–Kier alpha value is -0.0800. The molecule has 0 N–H and O–H groups in total. The number of benzene rings is 1. The maximum absolute atomic E-state index is 8.82. The molecule has 0 amide bonds. The topological polar surface area (TPSA) is 23.8 Å². The predicted molar refractivity (Wildman–Crippen MR) is 61.2 cm³/mol. The minimum Gasteiger partial charge on any atom is -0.192 e. The van der Waals surface area contributed by atoms with Crippen LogP contribution in [0.1, 0.15) is 16.7 Å². The standard InChI is InChI=1S/C9H7BrIN/c1-6-2-7(5-12)8(4-10)9(11)3-6/h2-3H,4H2,1H3. The summed E-state index contributed by atoms with van der Waals surface area (Å²) in [5.41, 5.74) is 3.00. The number of halogens is 2. The summed E-state index contributed by atoms with van der Waals surface area (Å²) in [6.07, 6.45) is 0. The van der Waals surface area contributed by atoms with E-state index in [1.165, 1.54) is 0 Å². The van der Waals surface area contributed by atoms with Crippen molar-refractivity contribution >= 4 is 38.5 Å². The zero-order chi connectivity index (χ0) is 9.14. The third kappa shape index (κ3) is 1.99. The van der Waals surface area contributed by atoms with Gasteiger partial charge >= 0.3 is 0 Å². The summed E-state index contributed by atoms with van der Waals surface area (Å²) in [4.78, 5) is 0. The van der Waals surface area contributed by atoms with Gasteiger partial charge in [0.1, 0.15) is 0 Å². The van der Waals surface area contributed by atoms with E-state index in [1.54, 1.807) is 0 Å². The molecule has 0 radical (unpaired) electrons. The molecule has 0 bridgehead atoms. The van der Waals surface area contributed by atoms with Crippen molar-refractivity contribution in [3.8, 4) is 6.07 Å². The van der Waals surface area contributed by atoms with Gasteiger partial charge in [-0.25, -0.2) is 0 Å². The fourth-order valence-corrected chi connectivity index (χ4v) is 3.11. The van der Waals surface area contributed by atoms with Crippen LogP contribution in [0.15, 0.2) is 12.1 Å². The zero-order valence-electron chi connectivity index (χ0n) is 6.56. The van der Waals surface area contributed by atoms with E-state index < -0.39 is 0 Å². The maximum Gasteiger partial charge on any atom is 0.0995 e. The molecule has 3 heteroatoms. The first-order chi connectivity index (χ1) is 5.69. The highest BCUT2D eigenvalue weighted by molar-refractivity contribution is 14.1. The molecular weight excluding hydrogens is 329 g/mol. The minimum absolute atomic E-state index is 0.744. The molecule has 0 spiro atoms. The van der Waals surface area contributed by atoms with Gasteiger partial charge in [-0.15, -0.1) is 0 Å². The summed E-state index contributed by atoms with van der Waals surface area (Å²) in [6.45, 7) is 2.00. The third-order valence-corrected chi connectivity index (χ3v) is 3.12. The van der Waals surface area contributed by atoms with Gasteiger partial charge in [-0.2, -0.15) is 5.26 Å². The second-order valence-corrected chi connectivity index (χ2v) is 4.24. The second kappa shape index (κ2) is 4.24. The predicted octanol–water partition coefficient (Wildman–Crippen LogP) is 3.37. The average molecular weight is 336 g/mol. The Morgan fingerprint density at radius 2 is 2.25 bits per heavy atom. The molecule has 0 unspecified atom stereocenters. The molecule has 0 saturated carbocycles. The van der Waals surface area contributed by atoms with Crippen molar-refractivity contribution in [2.24, 2.45) is 0 Å². The molecule has 0 aliphatic carbocycles. The van der Waals surface area contributed by atoms with E-state index in [9.17, 15) is 0 Å². The lowest BCUT2D eigenvalue weighted by Gasteiger charge is -2.04. The van der Waals surface area contributed by atoms with Gasteiger partial charge in [-0.3, -0.25) is 0 Å². The van der Waals surface area contributed by atoms with Crippen molar-refractivity contribution in [2.45, 2.75) is 12.3 Å². The molecule has 0 heterocycles. The number of nitriles is 1. The van der Waals surface area contributed by atoms with E-state index in [-0.39, 0.29) is 0 Å². The van der Waals surface area contributed by atoms with Crippen LogP contribution >= 0.6 is 38.5 Å². The van der Waals surface area contributed by atoms with Crippen molar-refractivity contribution in [2.75, 3.05) is 0 Å². The second-order valence-electron chi connectivity index (χ2n) is 2.52. The van der Waals surface area contributed by atoms with Gasteiger partial charge in [0.05, 0.1) is 11.6 Å². The molecule has 0 aliphatic heterocycles. The monoisotopic (exact) mass is 335 g/mol. The maximum atomic E-state index is 8.82. The molecule has 0 aromatic heterocycles. The van der Waals surface area contributed by atoms with Gasteiger partial charge in [-0.05, 0) is 52.8 Å². The minimum atomic E-state index is 0.744. The molecule has 62 valence electrons. The quantitative estimate of drug-likeness (QED) is 0.570. The van der Waals surface area contributed by atoms with Gasteiger partial charge in [0.25, 0.3) is 0 Å². The van der Waals surface area contributed by atoms with Crippen molar-refractivity contribution < 1.29 is 0 Å². The number of nitrogens with zero attached hydrogens (tertiary/aromatic N) is 1. The molecule has 1 aromatic carbocycles. The molecule has 0 aliphatic rings. The van der Waals surface area contributed by atoms with E-state index in [4.69, 9.17) is 5.26 Å². The van der Waals surface area contributed by atoms with Crippen LogP contribution in [-0.4, -0.2) is 0 Å². The lowest BCUT2D eigenvalue weighted by molar-refractivity contribution is 1.30. The Morgan fingerprint density at radius 3 is 2.75 bits per heavy atom. The lowest BCUT2D eigenvalue weighted by atomic mass is 10.1. The first-order valence-electron chi connectivity index (χ1n) is 3.44. The molecule has 1 nitrogen and oxygen atoms in total. The van der Waals surface area contributed by atoms with E-state index in [0.717, 1.165) is 25.6 Å². The van der Waals surface area contributed by atoms with Crippen LogP contribution in [0.2, 0.25) is 0 Å². The smallest absolute Gasteiger partial charge is 0.0995 e. The number of rotatable bonds is 1. The summed E-state index contributed by atoms with van der Waals surface area (Å²) in [5.74, 6) is 0. The average Bonchev–Trinajstić information content (AvgIpc) is 2.03. The molecular formula is C9H7BrIN.